The molecule has 0 aliphatic heterocycles. The van der Waals surface area contributed by atoms with E-state index < -0.39 is 12.1 Å². The minimum absolute atomic E-state index is 0.226. The molecule has 1 unspecified atom stereocenters. The first-order chi connectivity index (χ1) is 17.4. The van der Waals surface area contributed by atoms with E-state index in [2.05, 4.69) is 4.98 Å². The molecular weight excluding hydrogens is 494 g/mol. The Kier molecular flexibility index (Phi) is 8.41. The first-order valence-corrected chi connectivity index (χ1v) is 12.8. The van der Waals surface area contributed by atoms with E-state index in [4.69, 9.17) is 16.3 Å². The van der Waals surface area contributed by atoms with Crippen molar-refractivity contribution in [1.82, 2.24) is 4.98 Å². The SMILES string of the molecule is CCC(=O)OC(CSc1ccccc1C(=O)O)c1cccc(/C=C/c2ccc3ccc(Cl)cc3n2)c1. The van der Waals surface area contributed by atoms with E-state index in [1.54, 1.807) is 31.2 Å². The summed E-state index contributed by atoms with van der Waals surface area (Å²) in [5.74, 6) is -0.917. The van der Waals surface area contributed by atoms with Crippen molar-refractivity contribution in [2.45, 2.75) is 24.3 Å². The number of ether oxygens (including phenoxy) is 1. The number of pyridine rings is 1. The van der Waals surface area contributed by atoms with Gasteiger partial charge in [0.25, 0.3) is 0 Å². The number of fused-ring (bicyclic) bond motifs is 1. The lowest BCUT2D eigenvalue weighted by Crippen LogP contribution is -2.13. The van der Waals surface area contributed by atoms with Crippen LogP contribution in [0.25, 0.3) is 23.1 Å². The lowest BCUT2D eigenvalue weighted by atomic mass is 10.1. The molecule has 0 amide bonds. The number of esters is 1. The Labute approximate surface area is 218 Å². The number of nitrogens with zero attached hydrogens (tertiary/aromatic N) is 1. The van der Waals surface area contributed by atoms with Gasteiger partial charge in [0, 0.05) is 27.5 Å². The smallest absolute Gasteiger partial charge is 0.336 e. The molecule has 5 nitrogen and oxygen atoms in total. The molecule has 0 fully saturated rings. The van der Waals surface area contributed by atoms with E-state index in [1.165, 1.54) is 11.8 Å². The molecule has 0 bridgehead atoms. The fraction of sp³-hybridized carbons (Fsp3) is 0.138. The lowest BCUT2D eigenvalue weighted by Gasteiger charge is -2.19. The molecule has 7 heteroatoms. The molecule has 0 aliphatic carbocycles. The van der Waals surface area contributed by atoms with Crippen LogP contribution < -0.4 is 0 Å². The van der Waals surface area contributed by atoms with Crippen LogP contribution in [0, 0.1) is 0 Å². The molecule has 36 heavy (non-hydrogen) atoms. The van der Waals surface area contributed by atoms with Gasteiger partial charge in [-0.1, -0.05) is 67.1 Å². The number of aromatic nitrogens is 1. The van der Waals surface area contributed by atoms with Gasteiger partial charge in [-0.05, 0) is 53.6 Å². The Morgan fingerprint density at radius 2 is 1.83 bits per heavy atom. The van der Waals surface area contributed by atoms with Crippen molar-refractivity contribution in [3.63, 3.8) is 0 Å². The van der Waals surface area contributed by atoms with Gasteiger partial charge in [0.05, 0.1) is 16.8 Å². The predicted molar refractivity (Wildman–Crippen MR) is 145 cm³/mol. The Bertz CT molecular complexity index is 1440. The minimum atomic E-state index is -0.989. The Morgan fingerprint density at radius 1 is 1.03 bits per heavy atom. The average molecular weight is 518 g/mol. The molecule has 3 aromatic carbocycles. The minimum Gasteiger partial charge on any atom is -0.478 e. The van der Waals surface area contributed by atoms with Gasteiger partial charge in [0.2, 0.25) is 0 Å². The summed E-state index contributed by atoms with van der Waals surface area (Å²) in [7, 11) is 0. The molecule has 0 radical (unpaired) electrons. The average Bonchev–Trinajstić information content (AvgIpc) is 2.89. The van der Waals surface area contributed by atoms with Gasteiger partial charge >= 0.3 is 11.9 Å². The highest BCUT2D eigenvalue weighted by Crippen LogP contribution is 2.30. The Balaban J connectivity index is 1.56. The number of thioether (sulfide) groups is 1. The number of carboxylic acid groups (broad SMARTS) is 1. The van der Waals surface area contributed by atoms with Crippen molar-refractivity contribution >= 4 is 58.4 Å². The fourth-order valence-corrected chi connectivity index (χ4v) is 4.86. The highest BCUT2D eigenvalue weighted by atomic mass is 35.5. The van der Waals surface area contributed by atoms with E-state index in [-0.39, 0.29) is 18.0 Å². The van der Waals surface area contributed by atoms with Crippen molar-refractivity contribution in [2.24, 2.45) is 0 Å². The summed E-state index contributed by atoms with van der Waals surface area (Å²) < 4.78 is 5.73. The van der Waals surface area contributed by atoms with E-state index in [1.807, 2.05) is 66.7 Å². The second kappa shape index (κ2) is 11.9. The zero-order valence-corrected chi connectivity index (χ0v) is 21.1. The second-order valence-corrected chi connectivity index (χ2v) is 9.52. The van der Waals surface area contributed by atoms with Gasteiger partial charge in [-0.2, -0.15) is 0 Å². The number of aromatic carboxylic acids is 1. The molecule has 4 aromatic rings. The maximum atomic E-state index is 12.2. The van der Waals surface area contributed by atoms with Crippen molar-refractivity contribution in [1.29, 1.82) is 0 Å². The fourth-order valence-electron chi connectivity index (χ4n) is 3.62. The second-order valence-electron chi connectivity index (χ2n) is 8.02. The largest absolute Gasteiger partial charge is 0.478 e. The number of hydrogen-bond acceptors (Lipinski definition) is 5. The number of benzene rings is 3. The van der Waals surface area contributed by atoms with Gasteiger partial charge < -0.3 is 9.84 Å². The number of halogens is 1. The van der Waals surface area contributed by atoms with Crippen LogP contribution in [0.5, 0.6) is 0 Å². The summed E-state index contributed by atoms with van der Waals surface area (Å²) in [4.78, 5) is 29.0. The summed E-state index contributed by atoms with van der Waals surface area (Å²) in [6.45, 7) is 1.75. The molecule has 0 saturated heterocycles. The summed E-state index contributed by atoms with van der Waals surface area (Å²) in [5, 5.41) is 11.1. The van der Waals surface area contributed by atoms with Crippen LogP contribution >= 0.6 is 23.4 Å². The first-order valence-electron chi connectivity index (χ1n) is 11.4. The molecule has 4 rings (SSSR count). The number of carbonyl (C=O) groups excluding carboxylic acids is 1. The monoisotopic (exact) mass is 517 g/mol. The standard InChI is InChI=1S/C29H24ClNO4S/c1-2-28(32)35-26(18-36-27-9-4-3-8-24(27)29(33)34)21-7-5-6-19(16-21)10-14-23-15-12-20-11-13-22(30)17-25(20)31-23/h3-17,26H,2,18H2,1H3,(H,33,34)/b14-10+. The van der Waals surface area contributed by atoms with Gasteiger partial charge in [-0.15, -0.1) is 11.8 Å². The van der Waals surface area contributed by atoms with Crippen LogP contribution in [0.15, 0.2) is 83.8 Å². The maximum absolute atomic E-state index is 12.2. The van der Waals surface area contributed by atoms with Crippen molar-refractivity contribution in [3.8, 4) is 0 Å². The third kappa shape index (κ3) is 6.53. The first kappa shape index (κ1) is 25.5. The normalized spacial score (nSPS) is 12.1. The number of hydrogen-bond donors (Lipinski definition) is 1. The third-order valence-corrected chi connectivity index (χ3v) is 6.85. The molecule has 1 heterocycles. The third-order valence-electron chi connectivity index (χ3n) is 5.47. The van der Waals surface area contributed by atoms with Crippen molar-refractivity contribution in [2.75, 3.05) is 5.75 Å². The zero-order chi connectivity index (χ0) is 25.5. The molecular formula is C29H24ClNO4S. The number of carbonyl (C=O) groups is 2. The van der Waals surface area contributed by atoms with Gasteiger partial charge in [-0.3, -0.25) is 4.79 Å². The Hall–Kier alpha value is -3.61. The van der Waals surface area contributed by atoms with Crippen LogP contribution in [0.4, 0.5) is 0 Å². The summed E-state index contributed by atoms with van der Waals surface area (Å²) in [5.41, 5.74) is 3.60. The van der Waals surface area contributed by atoms with Crippen LogP contribution in [-0.2, 0) is 9.53 Å². The van der Waals surface area contributed by atoms with Crippen molar-refractivity contribution < 1.29 is 19.4 Å². The number of rotatable bonds is 9. The topological polar surface area (TPSA) is 76.5 Å². The van der Waals surface area contributed by atoms with Gasteiger partial charge in [0.1, 0.15) is 6.10 Å². The summed E-state index contributed by atoms with van der Waals surface area (Å²) in [6, 6.07) is 24.1. The zero-order valence-electron chi connectivity index (χ0n) is 19.6. The van der Waals surface area contributed by atoms with E-state index >= 15 is 0 Å². The molecule has 1 atom stereocenters. The Morgan fingerprint density at radius 3 is 2.64 bits per heavy atom. The van der Waals surface area contributed by atoms with Crippen LogP contribution in [-0.4, -0.2) is 27.8 Å². The van der Waals surface area contributed by atoms with Gasteiger partial charge in [-0.25, -0.2) is 9.78 Å². The molecule has 0 aliphatic rings. The maximum Gasteiger partial charge on any atom is 0.336 e. The van der Waals surface area contributed by atoms with Crippen molar-refractivity contribution in [3.05, 3.63) is 106 Å². The molecule has 0 spiro atoms. The summed E-state index contributed by atoms with van der Waals surface area (Å²) in [6.07, 6.45) is 3.60. The summed E-state index contributed by atoms with van der Waals surface area (Å²) >= 11 is 7.45. The highest BCUT2D eigenvalue weighted by molar-refractivity contribution is 7.99. The van der Waals surface area contributed by atoms with E-state index in [0.29, 0.717) is 15.7 Å². The van der Waals surface area contributed by atoms with Crippen LogP contribution in [0.2, 0.25) is 5.02 Å². The molecule has 182 valence electrons. The quantitative estimate of drug-likeness (QED) is 0.182. The highest BCUT2D eigenvalue weighted by Gasteiger charge is 2.19. The number of carboxylic acids is 1. The lowest BCUT2D eigenvalue weighted by molar-refractivity contribution is -0.147. The molecule has 1 N–H and O–H groups in total. The van der Waals surface area contributed by atoms with E-state index in [0.717, 1.165) is 27.7 Å². The molecule has 1 aromatic heterocycles. The van der Waals surface area contributed by atoms with Crippen LogP contribution in [0.1, 0.15) is 46.6 Å². The van der Waals surface area contributed by atoms with Crippen LogP contribution in [0.3, 0.4) is 0 Å². The van der Waals surface area contributed by atoms with Gasteiger partial charge in [0.15, 0.2) is 0 Å². The molecule has 0 saturated carbocycles. The predicted octanol–water partition coefficient (Wildman–Crippen LogP) is 7.54. The van der Waals surface area contributed by atoms with E-state index in [9.17, 15) is 14.7 Å².